The van der Waals surface area contributed by atoms with Gasteiger partial charge in [0.25, 0.3) is 5.91 Å². The van der Waals surface area contributed by atoms with Crippen molar-refractivity contribution in [3.8, 4) is 11.5 Å². The summed E-state index contributed by atoms with van der Waals surface area (Å²) in [7, 11) is 0. The van der Waals surface area contributed by atoms with Crippen LogP contribution >= 0.6 is 0 Å². The zero-order valence-electron chi connectivity index (χ0n) is 16.5. The van der Waals surface area contributed by atoms with Crippen LogP contribution in [0.2, 0.25) is 0 Å². The number of likely N-dealkylation sites (tertiary alicyclic amines) is 1. The van der Waals surface area contributed by atoms with Crippen molar-refractivity contribution in [1.82, 2.24) is 10.2 Å². The van der Waals surface area contributed by atoms with Crippen LogP contribution in [0, 0.1) is 6.92 Å². The number of fused-ring (bicyclic) bond motifs is 1. The number of hydrogen-bond acceptors (Lipinski definition) is 5. The highest BCUT2D eigenvalue weighted by atomic mass is 16.7. The summed E-state index contributed by atoms with van der Waals surface area (Å²) in [5.41, 5.74) is 3.19. The minimum absolute atomic E-state index is 0.0314. The summed E-state index contributed by atoms with van der Waals surface area (Å²) in [5, 5.41) is 6.02. The normalized spacial score (nSPS) is 14.7. The number of nitrogens with one attached hydrogen (secondary N) is 2. The van der Waals surface area contributed by atoms with Crippen molar-refractivity contribution in [3.63, 3.8) is 0 Å². The standard InChI is InChI=1S/C22H25N3O4/c1-15-5-4-6-17(21(15)22(27)25-9-2-3-10-25)23-13-20(26)24-12-16-7-8-18-19(11-16)29-14-28-18/h4-8,11,23H,2-3,9-10,12-14H2,1H3,(H,24,26). The number of hydrogen-bond donors (Lipinski definition) is 2. The predicted molar refractivity (Wildman–Crippen MR) is 109 cm³/mol. The number of benzene rings is 2. The van der Waals surface area contributed by atoms with Crippen LogP contribution in [0.1, 0.15) is 34.3 Å². The number of carbonyl (C=O) groups is 2. The fourth-order valence-corrected chi connectivity index (χ4v) is 3.67. The van der Waals surface area contributed by atoms with Gasteiger partial charge < -0.3 is 25.0 Å². The van der Waals surface area contributed by atoms with Gasteiger partial charge in [-0.2, -0.15) is 0 Å². The number of aryl methyl sites for hydroxylation is 1. The average molecular weight is 395 g/mol. The first kappa shape index (κ1) is 19.1. The van der Waals surface area contributed by atoms with Gasteiger partial charge in [0.1, 0.15) is 0 Å². The predicted octanol–water partition coefficient (Wildman–Crippen LogP) is 2.69. The van der Waals surface area contributed by atoms with Crippen molar-refractivity contribution in [2.24, 2.45) is 0 Å². The topological polar surface area (TPSA) is 79.9 Å². The second-order valence-electron chi connectivity index (χ2n) is 7.31. The molecule has 0 unspecified atom stereocenters. The van der Waals surface area contributed by atoms with Crippen LogP contribution < -0.4 is 20.1 Å². The fourth-order valence-electron chi connectivity index (χ4n) is 3.67. The molecule has 2 aliphatic heterocycles. The molecule has 0 atom stereocenters. The fraction of sp³-hybridized carbons (Fsp3) is 0.364. The van der Waals surface area contributed by atoms with Crippen LogP contribution in [-0.2, 0) is 11.3 Å². The summed E-state index contributed by atoms with van der Waals surface area (Å²) >= 11 is 0. The molecule has 0 saturated carbocycles. The molecule has 2 aliphatic rings. The summed E-state index contributed by atoms with van der Waals surface area (Å²) in [4.78, 5) is 27.1. The van der Waals surface area contributed by atoms with Gasteiger partial charge in [-0.25, -0.2) is 0 Å². The van der Waals surface area contributed by atoms with E-state index in [-0.39, 0.29) is 25.2 Å². The second kappa shape index (κ2) is 8.43. The van der Waals surface area contributed by atoms with Gasteiger partial charge in [0.05, 0.1) is 12.1 Å². The van der Waals surface area contributed by atoms with Crippen LogP contribution in [0.3, 0.4) is 0 Å². The molecule has 0 bridgehead atoms. The molecule has 0 radical (unpaired) electrons. The highest BCUT2D eigenvalue weighted by Gasteiger charge is 2.23. The SMILES string of the molecule is Cc1cccc(NCC(=O)NCc2ccc3c(c2)OCO3)c1C(=O)N1CCCC1. The molecule has 152 valence electrons. The first-order chi connectivity index (χ1) is 14.1. The largest absolute Gasteiger partial charge is 0.454 e. The second-order valence-corrected chi connectivity index (χ2v) is 7.31. The van der Waals surface area contributed by atoms with E-state index >= 15 is 0 Å². The van der Waals surface area contributed by atoms with Gasteiger partial charge in [-0.05, 0) is 49.1 Å². The zero-order valence-corrected chi connectivity index (χ0v) is 16.5. The molecule has 7 heteroatoms. The Morgan fingerprint density at radius 1 is 1.07 bits per heavy atom. The van der Waals surface area contributed by atoms with Gasteiger partial charge in [0, 0.05) is 25.3 Å². The van der Waals surface area contributed by atoms with Gasteiger partial charge in [-0.1, -0.05) is 18.2 Å². The summed E-state index contributed by atoms with van der Waals surface area (Å²) in [6, 6.07) is 11.3. The Hall–Kier alpha value is -3.22. The third-order valence-corrected chi connectivity index (χ3v) is 5.25. The molecule has 2 aromatic carbocycles. The molecule has 0 aliphatic carbocycles. The van der Waals surface area contributed by atoms with E-state index in [0.717, 1.165) is 42.8 Å². The number of rotatable bonds is 6. The average Bonchev–Trinajstić information content (AvgIpc) is 3.41. The third kappa shape index (κ3) is 4.29. The Morgan fingerprint density at radius 2 is 1.86 bits per heavy atom. The van der Waals surface area contributed by atoms with Crippen LogP contribution in [0.15, 0.2) is 36.4 Å². The van der Waals surface area contributed by atoms with Crippen molar-refractivity contribution in [1.29, 1.82) is 0 Å². The first-order valence-corrected chi connectivity index (χ1v) is 9.90. The molecule has 2 aromatic rings. The molecular formula is C22H25N3O4. The third-order valence-electron chi connectivity index (χ3n) is 5.25. The minimum atomic E-state index is -0.149. The molecule has 4 rings (SSSR count). The van der Waals surface area contributed by atoms with E-state index in [0.29, 0.717) is 23.5 Å². The molecule has 1 fully saturated rings. The van der Waals surface area contributed by atoms with E-state index in [1.165, 1.54) is 0 Å². The Labute approximate surface area is 170 Å². The first-order valence-electron chi connectivity index (χ1n) is 9.90. The number of anilines is 1. The monoisotopic (exact) mass is 395 g/mol. The summed E-state index contributed by atoms with van der Waals surface area (Å²) < 4.78 is 10.7. The van der Waals surface area contributed by atoms with E-state index in [1.807, 2.05) is 48.2 Å². The molecule has 2 heterocycles. The molecule has 2 N–H and O–H groups in total. The Morgan fingerprint density at radius 3 is 2.69 bits per heavy atom. The van der Waals surface area contributed by atoms with Gasteiger partial charge in [-0.3, -0.25) is 9.59 Å². The van der Waals surface area contributed by atoms with E-state index in [9.17, 15) is 9.59 Å². The molecule has 0 aromatic heterocycles. The summed E-state index contributed by atoms with van der Waals surface area (Å²) in [5.74, 6) is 1.30. The number of ether oxygens (including phenoxy) is 2. The lowest BCUT2D eigenvalue weighted by Gasteiger charge is -2.20. The maximum absolute atomic E-state index is 12.9. The number of carbonyl (C=O) groups excluding carboxylic acids is 2. The Bertz CT molecular complexity index is 922. The lowest BCUT2D eigenvalue weighted by atomic mass is 10.0. The van der Waals surface area contributed by atoms with E-state index < -0.39 is 0 Å². The highest BCUT2D eigenvalue weighted by Crippen LogP contribution is 2.32. The van der Waals surface area contributed by atoms with Crippen LogP contribution in [0.5, 0.6) is 11.5 Å². The Balaban J connectivity index is 1.35. The molecule has 7 nitrogen and oxygen atoms in total. The Kier molecular flexibility index (Phi) is 5.55. The van der Waals surface area contributed by atoms with Crippen molar-refractivity contribution >= 4 is 17.5 Å². The zero-order chi connectivity index (χ0) is 20.2. The quantitative estimate of drug-likeness (QED) is 0.786. The summed E-state index contributed by atoms with van der Waals surface area (Å²) in [6.07, 6.45) is 2.09. The van der Waals surface area contributed by atoms with Crippen molar-refractivity contribution in [2.75, 3.05) is 31.7 Å². The van der Waals surface area contributed by atoms with Crippen molar-refractivity contribution in [3.05, 3.63) is 53.1 Å². The molecule has 2 amide bonds. The van der Waals surface area contributed by atoms with Crippen molar-refractivity contribution < 1.29 is 19.1 Å². The minimum Gasteiger partial charge on any atom is -0.454 e. The van der Waals surface area contributed by atoms with Gasteiger partial charge >= 0.3 is 0 Å². The van der Waals surface area contributed by atoms with Crippen molar-refractivity contribution in [2.45, 2.75) is 26.3 Å². The van der Waals surface area contributed by atoms with Gasteiger partial charge in [0.15, 0.2) is 11.5 Å². The smallest absolute Gasteiger partial charge is 0.256 e. The maximum atomic E-state index is 12.9. The maximum Gasteiger partial charge on any atom is 0.256 e. The van der Waals surface area contributed by atoms with E-state index in [4.69, 9.17) is 9.47 Å². The van der Waals surface area contributed by atoms with E-state index in [1.54, 1.807) is 0 Å². The van der Waals surface area contributed by atoms with Gasteiger partial charge in [-0.15, -0.1) is 0 Å². The number of amides is 2. The number of nitrogens with zero attached hydrogens (tertiary/aromatic N) is 1. The molecule has 0 spiro atoms. The lowest BCUT2D eigenvalue weighted by molar-refractivity contribution is -0.119. The molecular weight excluding hydrogens is 370 g/mol. The lowest BCUT2D eigenvalue weighted by Crippen LogP contribution is -2.31. The van der Waals surface area contributed by atoms with Crippen LogP contribution in [0.25, 0.3) is 0 Å². The van der Waals surface area contributed by atoms with Gasteiger partial charge in [0.2, 0.25) is 12.7 Å². The molecule has 29 heavy (non-hydrogen) atoms. The molecule has 1 saturated heterocycles. The summed E-state index contributed by atoms with van der Waals surface area (Å²) in [6.45, 7) is 4.22. The van der Waals surface area contributed by atoms with E-state index in [2.05, 4.69) is 10.6 Å². The highest BCUT2D eigenvalue weighted by molar-refractivity contribution is 6.01. The van der Waals surface area contributed by atoms with Crippen LogP contribution in [-0.4, -0.2) is 43.1 Å². The van der Waals surface area contributed by atoms with Crippen LogP contribution in [0.4, 0.5) is 5.69 Å².